The van der Waals surface area contributed by atoms with Gasteiger partial charge in [-0.3, -0.25) is 4.90 Å². The molecule has 1 atom stereocenters. The van der Waals surface area contributed by atoms with Crippen LogP contribution in [0.2, 0.25) is 0 Å². The molecule has 0 saturated carbocycles. The summed E-state index contributed by atoms with van der Waals surface area (Å²) >= 11 is 0. The molecular formula is C22H26N4O3. The molecule has 0 bridgehead atoms. The Morgan fingerprint density at radius 2 is 1.62 bits per heavy atom. The van der Waals surface area contributed by atoms with Gasteiger partial charge in [0.15, 0.2) is 0 Å². The Hall–Kier alpha value is -3.06. The summed E-state index contributed by atoms with van der Waals surface area (Å²) in [6.07, 6.45) is 0. The highest BCUT2D eigenvalue weighted by Gasteiger charge is 2.26. The molecule has 0 amide bonds. The van der Waals surface area contributed by atoms with E-state index < -0.39 is 0 Å². The average Bonchev–Trinajstić information content (AvgIpc) is 3.29. The zero-order valence-electron chi connectivity index (χ0n) is 17.0. The Balaban J connectivity index is 1.41. The summed E-state index contributed by atoms with van der Waals surface area (Å²) in [5.41, 5.74) is 2.03. The molecule has 3 aromatic rings. The van der Waals surface area contributed by atoms with Crippen LogP contribution in [0.3, 0.4) is 0 Å². The van der Waals surface area contributed by atoms with Gasteiger partial charge in [0.25, 0.3) is 0 Å². The SMILES string of the molecule is COc1ccc(-c2nnc([C@@H](C)N3CCN(c4ccccc4OC)CC3)o2)cc1. The van der Waals surface area contributed by atoms with Gasteiger partial charge in [0.1, 0.15) is 11.5 Å². The molecule has 1 aromatic heterocycles. The van der Waals surface area contributed by atoms with Crippen LogP contribution in [0.1, 0.15) is 18.9 Å². The fourth-order valence-corrected chi connectivity index (χ4v) is 3.65. The number of piperazine rings is 1. The highest BCUT2D eigenvalue weighted by molar-refractivity contribution is 5.58. The standard InChI is InChI=1S/C22H26N4O3/c1-16(21-23-24-22(29-21)17-8-10-18(27-2)11-9-17)25-12-14-26(15-13-25)19-6-4-5-7-20(19)28-3/h4-11,16H,12-15H2,1-3H3/t16-/m1/s1. The summed E-state index contributed by atoms with van der Waals surface area (Å²) in [7, 11) is 3.36. The van der Waals surface area contributed by atoms with Crippen molar-refractivity contribution in [3.05, 3.63) is 54.4 Å². The smallest absolute Gasteiger partial charge is 0.247 e. The lowest BCUT2D eigenvalue weighted by molar-refractivity contribution is 0.173. The van der Waals surface area contributed by atoms with Crippen molar-refractivity contribution in [3.63, 3.8) is 0 Å². The zero-order chi connectivity index (χ0) is 20.2. The number of para-hydroxylation sites is 2. The first kappa shape index (κ1) is 19.3. The van der Waals surface area contributed by atoms with Gasteiger partial charge in [-0.15, -0.1) is 10.2 Å². The minimum atomic E-state index is 0.0642. The molecule has 0 spiro atoms. The molecule has 2 aromatic carbocycles. The normalized spacial score (nSPS) is 15.9. The minimum Gasteiger partial charge on any atom is -0.497 e. The van der Waals surface area contributed by atoms with E-state index in [1.807, 2.05) is 42.5 Å². The number of anilines is 1. The van der Waals surface area contributed by atoms with Gasteiger partial charge in [0.2, 0.25) is 11.8 Å². The lowest BCUT2D eigenvalue weighted by Gasteiger charge is -2.38. The number of hydrogen-bond donors (Lipinski definition) is 0. The van der Waals surface area contributed by atoms with Gasteiger partial charge in [0.05, 0.1) is 25.9 Å². The quantitative estimate of drug-likeness (QED) is 0.632. The van der Waals surface area contributed by atoms with E-state index in [1.165, 1.54) is 0 Å². The summed E-state index contributed by atoms with van der Waals surface area (Å²) in [4.78, 5) is 4.73. The van der Waals surface area contributed by atoms with Gasteiger partial charge in [-0.05, 0) is 43.3 Å². The third-order valence-corrected chi connectivity index (χ3v) is 5.42. The van der Waals surface area contributed by atoms with E-state index in [0.717, 1.165) is 48.9 Å². The molecule has 0 aliphatic carbocycles. The maximum absolute atomic E-state index is 5.97. The van der Waals surface area contributed by atoms with Crippen molar-refractivity contribution in [3.8, 4) is 23.0 Å². The number of nitrogens with zero attached hydrogens (tertiary/aromatic N) is 4. The van der Waals surface area contributed by atoms with Crippen molar-refractivity contribution < 1.29 is 13.9 Å². The van der Waals surface area contributed by atoms with E-state index in [1.54, 1.807) is 14.2 Å². The van der Waals surface area contributed by atoms with E-state index in [4.69, 9.17) is 13.9 Å². The molecule has 0 radical (unpaired) electrons. The first-order valence-electron chi connectivity index (χ1n) is 9.79. The van der Waals surface area contributed by atoms with Crippen molar-refractivity contribution >= 4 is 5.69 Å². The third kappa shape index (κ3) is 4.05. The van der Waals surface area contributed by atoms with Gasteiger partial charge in [-0.2, -0.15) is 0 Å². The fraction of sp³-hybridized carbons (Fsp3) is 0.364. The molecule has 2 heterocycles. The average molecular weight is 394 g/mol. The predicted molar refractivity (Wildman–Crippen MR) is 111 cm³/mol. The van der Waals surface area contributed by atoms with Gasteiger partial charge in [-0.1, -0.05) is 12.1 Å². The van der Waals surface area contributed by atoms with E-state index in [2.05, 4.69) is 33.0 Å². The number of ether oxygens (including phenoxy) is 2. The Labute approximate surface area is 170 Å². The van der Waals surface area contributed by atoms with Gasteiger partial charge < -0.3 is 18.8 Å². The zero-order valence-corrected chi connectivity index (χ0v) is 17.0. The second-order valence-electron chi connectivity index (χ2n) is 7.04. The van der Waals surface area contributed by atoms with Crippen LogP contribution >= 0.6 is 0 Å². The largest absolute Gasteiger partial charge is 0.497 e. The minimum absolute atomic E-state index is 0.0642. The monoisotopic (exact) mass is 394 g/mol. The molecule has 7 nitrogen and oxygen atoms in total. The Morgan fingerprint density at radius 3 is 2.31 bits per heavy atom. The van der Waals surface area contributed by atoms with E-state index in [0.29, 0.717) is 11.8 Å². The van der Waals surface area contributed by atoms with Crippen molar-refractivity contribution in [2.24, 2.45) is 0 Å². The molecule has 152 valence electrons. The van der Waals surface area contributed by atoms with E-state index in [9.17, 15) is 0 Å². The Morgan fingerprint density at radius 1 is 0.897 bits per heavy atom. The van der Waals surface area contributed by atoms with Crippen LogP contribution < -0.4 is 14.4 Å². The number of benzene rings is 2. The number of aromatic nitrogens is 2. The highest BCUT2D eigenvalue weighted by Crippen LogP contribution is 2.30. The van der Waals surface area contributed by atoms with Crippen molar-refractivity contribution in [2.75, 3.05) is 45.3 Å². The number of methoxy groups -OCH3 is 2. The van der Waals surface area contributed by atoms with Gasteiger partial charge in [0, 0.05) is 31.7 Å². The Kier molecular flexibility index (Phi) is 5.67. The highest BCUT2D eigenvalue weighted by atomic mass is 16.5. The van der Waals surface area contributed by atoms with Crippen LogP contribution in [-0.4, -0.2) is 55.5 Å². The van der Waals surface area contributed by atoms with Gasteiger partial charge in [-0.25, -0.2) is 0 Å². The van der Waals surface area contributed by atoms with Gasteiger partial charge >= 0.3 is 0 Å². The first-order valence-corrected chi connectivity index (χ1v) is 9.79. The topological polar surface area (TPSA) is 63.9 Å². The van der Waals surface area contributed by atoms with Crippen molar-refractivity contribution in [2.45, 2.75) is 13.0 Å². The molecule has 0 unspecified atom stereocenters. The summed E-state index contributed by atoms with van der Waals surface area (Å²) < 4.78 is 16.7. The molecular weight excluding hydrogens is 368 g/mol. The fourth-order valence-electron chi connectivity index (χ4n) is 3.65. The van der Waals surface area contributed by atoms with Crippen LogP contribution in [0.4, 0.5) is 5.69 Å². The molecule has 1 saturated heterocycles. The molecule has 29 heavy (non-hydrogen) atoms. The maximum Gasteiger partial charge on any atom is 0.247 e. The molecule has 1 aliphatic heterocycles. The molecule has 1 aliphatic rings. The second kappa shape index (κ2) is 8.53. The summed E-state index contributed by atoms with van der Waals surface area (Å²) in [6.45, 7) is 5.79. The van der Waals surface area contributed by atoms with Crippen molar-refractivity contribution in [1.82, 2.24) is 15.1 Å². The van der Waals surface area contributed by atoms with Crippen LogP contribution in [-0.2, 0) is 0 Å². The summed E-state index contributed by atoms with van der Waals surface area (Å²) in [5, 5.41) is 8.52. The number of rotatable bonds is 6. The lowest BCUT2D eigenvalue weighted by Crippen LogP contribution is -2.47. The molecule has 4 rings (SSSR count). The van der Waals surface area contributed by atoms with E-state index in [-0.39, 0.29) is 6.04 Å². The summed E-state index contributed by atoms with van der Waals surface area (Å²) in [5.74, 6) is 2.88. The lowest BCUT2D eigenvalue weighted by atomic mass is 10.2. The van der Waals surface area contributed by atoms with Crippen LogP contribution in [0.15, 0.2) is 52.9 Å². The molecule has 7 heteroatoms. The third-order valence-electron chi connectivity index (χ3n) is 5.42. The van der Waals surface area contributed by atoms with Crippen molar-refractivity contribution in [1.29, 1.82) is 0 Å². The predicted octanol–water partition coefficient (Wildman–Crippen LogP) is 3.64. The Bertz CT molecular complexity index is 933. The van der Waals surface area contributed by atoms with E-state index >= 15 is 0 Å². The first-order chi connectivity index (χ1) is 14.2. The second-order valence-corrected chi connectivity index (χ2v) is 7.04. The molecule has 1 fully saturated rings. The van der Waals surface area contributed by atoms with Crippen LogP contribution in [0, 0.1) is 0 Å². The summed E-state index contributed by atoms with van der Waals surface area (Å²) in [6, 6.07) is 15.8. The van der Waals surface area contributed by atoms with Crippen LogP contribution in [0.25, 0.3) is 11.5 Å². The molecule has 0 N–H and O–H groups in total. The maximum atomic E-state index is 5.97. The van der Waals surface area contributed by atoms with Crippen LogP contribution in [0.5, 0.6) is 11.5 Å². The number of hydrogen-bond acceptors (Lipinski definition) is 7.